The Balaban J connectivity index is 1.87. The van der Waals surface area contributed by atoms with Gasteiger partial charge in [-0.1, -0.05) is 29.5 Å². The Bertz CT molecular complexity index is 721. The molecule has 3 aromatic rings. The van der Waals surface area contributed by atoms with Gasteiger partial charge in [0.25, 0.3) is 0 Å². The van der Waals surface area contributed by atoms with Crippen LogP contribution in [0.2, 0.25) is 0 Å². The topological polar surface area (TPSA) is 69.4 Å². The smallest absolute Gasteiger partial charge is 0.310 e. The van der Waals surface area contributed by atoms with Crippen LogP contribution in [0.25, 0.3) is 15.5 Å². The first-order valence-electron chi connectivity index (χ1n) is 6.18. The molecule has 0 fully saturated rings. The molecule has 6 nitrogen and oxygen atoms in total. The molecule has 0 saturated heterocycles. The normalized spacial score (nSPS) is 10.8. The first kappa shape index (κ1) is 12.7. The quantitative estimate of drug-likeness (QED) is 0.686. The van der Waals surface area contributed by atoms with E-state index in [0.29, 0.717) is 6.61 Å². The minimum atomic E-state index is -0.220. The predicted molar refractivity (Wildman–Crippen MR) is 74.4 cm³/mol. The summed E-state index contributed by atoms with van der Waals surface area (Å²) in [6.07, 6.45) is 1.84. The summed E-state index contributed by atoms with van der Waals surface area (Å²) in [5.74, 6) is -0.220. The van der Waals surface area contributed by atoms with Crippen molar-refractivity contribution in [3.63, 3.8) is 0 Å². The summed E-state index contributed by atoms with van der Waals surface area (Å²) in [4.78, 5) is 12.2. The van der Waals surface area contributed by atoms with Crippen LogP contribution in [0, 0.1) is 0 Å². The maximum atomic E-state index is 11.5. The van der Waals surface area contributed by atoms with E-state index in [2.05, 4.69) is 15.3 Å². The van der Waals surface area contributed by atoms with Crippen LogP contribution < -0.4 is 0 Å². The number of carbonyl (C=O) groups excluding carboxylic acids is 1. The number of rotatable bonds is 4. The van der Waals surface area contributed by atoms with Gasteiger partial charge in [0.2, 0.25) is 4.96 Å². The van der Waals surface area contributed by atoms with Crippen LogP contribution in [0.5, 0.6) is 0 Å². The maximum absolute atomic E-state index is 11.5. The molecule has 1 aromatic carbocycles. The number of fused-ring (bicyclic) bond motifs is 1. The van der Waals surface area contributed by atoms with Crippen molar-refractivity contribution in [2.45, 2.75) is 13.3 Å². The van der Waals surface area contributed by atoms with Gasteiger partial charge in [0.05, 0.1) is 13.0 Å². The van der Waals surface area contributed by atoms with Gasteiger partial charge in [-0.25, -0.2) is 0 Å². The van der Waals surface area contributed by atoms with E-state index in [9.17, 15) is 4.79 Å². The Morgan fingerprint density at radius 2 is 2.35 bits per heavy atom. The molecule has 0 N–H and O–H groups in total. The molecule has 0 amide bonds. The van der Waals surface area contributed by atoms with Crippen LogP contribution in [0.3, 0.4) is 0 Å². The average molecular weight is 288 g/mol. The molecule has 3 rings (SSSR count). The second-order valence-corrected chi connectivity index (χ2v) is 5.10. The molecule has 2 heterocycles. The third kappa shape index (κ3) is 2.53. The van der Waals surface area contributed by atoms with Gasteiger partial charge in [0.1, 0.15) is 11.3 Å². The second kappa shape index (κ2) is 5.38. The van der Waals surface area contributed by atoms with Crippen molar-refractivity contribution < 1.29 is 9.53 Å². The van der Waals surface area contributed by atoms with Gasteiger partial charge in [-0.2, -0.15) is 9.61 Å². The number of esters is 1. The van der Waals surface area contributed by atoms with E-state index in [1.54, 1.807) is 17.8 Å². The molecule has 0 saturated carbocycles. The highest BCUT2D eigenvalue weighted by molar-refractivity contribution is 7.19. The van der Waals surface area contributed by atoms with Crippen molar-refractivity contribution in [2.24, 2.45) is 0 Å². The van der Waals surface area contributed by atoms with E-state index < -0.39 is 0 Å². The largest absolute Gasteiger partial charge is 0.466 e. The number of aromatic nitrogens is 4. The lowest BCUT2D eigenvalue weighted by Gasteiger charge is -2.03. The van der Waals surface area contributed by atoms with Crippen molar-refractivity contribution >= 4 is 22.3 Å². The summed E-state index contributed by atoms with van der Waals surface area (Å²) in [6, 6.07) is 7.72. The molecule has 20 heavy (non-hydrogen) atoms. The van der Waals surface area contributed by atoms with Crippen LogP contribution >= 0.6 is 11.3 Å². The van der Waals surface area contributed by atoms with E-state index in [1.807, 2.05) is 24.3 Å². The van der Waals surface area contributed by atoms with Gasteiger partial charge in [-0.15, -0.1) is 10.2 Å². The lowest BCUT2D eigenvalue weighted by atomic mass is 10.1. The summed E-state index contributed by atoms with van der Waals surface area (Å²) >= 11 is 1.46. The van der Waals surface area contributed by atoms with Crippen LogP contribution in [0.4, 0.5) is 0 Å². The first-order chi connectivity index (χ1) is 9.76. The fourth-order valence-electron chi connectivity index (χ4n) is 1.87. The van der Waals surface area contributed by atoms with Gasteiger partial charge in [0.15, 0.2) is 0 Å². The Kier molecular flexibility index (Phi) is 3.42. The van der Waals surface area contributed by atoms with E-state index >= 15 is 0 Å². The van der Waals surface area contributed by atoms with Crippen LogP contribution in [0.15, 0.2) is 30.6 Å². The SMILES string of the molecule is CCOC(=O)Cc1cccc(-c2nn3cnnc3s2)c1. The van der Waals surface area contributed by atoms with E-state index in [4.69, 9.17) is 4.74 Å². The number of carbonyl (C=O) groups is 1. The van der Waals surface area contributed by atoms with Crippen LogP contribution in [-0.4, -0.2) is 32.4 Å². The number of hydrogen-bond acceptors (Lipinski definition) is 6. The molecule has 0 atom stereocenters. The zero-order valence-electron chi connectivity index (χ0n) is 10.8. The second-order valence-electron chi connectivity index (χ2n) is 4.15. The third-order valence-corrected chi connectivity index (χ3v) is 3.68. The molecular formula is C13H12N4O2S. The molecule has 0 bridgehead atoms. The maximum Gasteiger partial charge on any atom is 0.310 e. The molecule has 0 aliphatic carbocycles. The van der Waals surface area contributed by atoms with Gasteiger partial charge in [0, 0.05) is 5.56 Å². The first-order valence-corrected chi connectivity index (χ1v) is 6.99. The highest BCUT2D eigenvalue weighted by atomic mass is 32.1. The van der Waals surface area contributed by atoms with Crippen molar-refractivity contribution in [1.29, 1.82) is 0 Å². The van der Waals surface area contributed by atoms with Crippen molar-refractivity contribution in [3.05, 3.63) is 36.2 Å². The Hall–Kier alpha value is -2.28. The molecule has 102 valence electrons. The highest BCUT2D eigenvalue weighted by Crippen LogP contribution is 2.25. The van der Waals surface area contributed by atoms with Crippen molar-refractivity contribution in [3.8, 4) is 10.6 Å². The number of benzene rings is 1. The highest BCUT2D eigenvalue weighted by Gasteiger charge is 2.10. The molecule has 0 radical (unpaired) electrons. The number of hydrogen-bond donors (Lipinski definition) is 0. The Morgan fingerprint density at radius 3 is 3.15 bits per heavy atom. The molecule has 0 aliphatic heterocycles. The molecule has 7 heteroatoms. The Morgan fingerprint density at radius 1 is 1.45 bits per heavy atom. The van der Waals surface area contributed by atoms with Gasteiger partial charge < -0.3 is 4.74 Å². The molecule has 0 spiro atoms. The summed E-state index contributed by atoms with van der Waals surface area (Å²) < 4.78 is 6.59. The molecular weight excluding hydrogens is 276 g/mol. The molecule has 2 aromatic heterocycles. The fraction of sp³-hybridized carbons (Fsp3) is 0.231. The lowest BCUT2D eigenvalue weighted by molar-refractivity contribution is -0.142. The van der Waals surface area contributed by atoms with Gasteiger partial charge >= 0.3 is 5.97 Å². The zero-order chi connectivity index (χ0) is 13.9. The van der Waals surface area contributed by atoms with E-state index in [0.717, 1.165) is 21.1 Å². The average Bonchev–Trinajstić information content (AvgIpc) is 2.99. The Labute approximate surface area is 119 Å². The summed E-state index contributed by atoms with van der Waals surface area (Å²) in [6.45, 7) is 2.20. The summed E-state index contributed by atoms with van der Waals surface area (Å²) in [5.41, 5.74) is 1.87. The van der Waals surface area contributed by atoms with E-state index in [1.165, 1.54) is 11.3 Å². The zero-order valence-corrected chi connectivity index (χ0v) is 11.6. The van der Waals surface area contributed by atoms with Crippen molar-refractivity contribution in [2.75, 3.05) is 6.61 Å². The minimum absolute atomic E-state index is 0.220. The standard InChI is InChI=1S/C13H12N4O2S/c1-2-19-11(18)7-9-4-3-5-10(6-9)12-16-17-8-14-15-13(17)20-12/h3-6,8H,2,7H2,1H3. The number of nitrogens with zero attached hydrogens (tertiary/aromatic N) is 4. The number of ether oxygens (including phenoxy) is 1. The summed E-state index contributed by atoms with van der Waals surface area (Å²) in [7, 11) is 0. The molecule has 0 aliphatic rings. The van der Waals surface area contributed by atoms with Gasteiger partial charge in [-0.3, -0.25) is 4.79 Å². The lowest BCUT2D eigenvalue weighted by Crippen LogP contribution is -2.07. The van der Waals surface area contributed by atoms with Gasteiger partial charge in [-0.05, 0) is 18.6 Å². The minimum Gasteiger partial charge on any atom is -0.466 e. The summed E-state index contributed by atoms with van der Waals surface area (Å²) in [5, 5.41) is 13.0. The fourth-order valence-corrected chi connectivity index (χ4v) is 2.69. The van der Waals surface area contributed by atoms with Crippen LogP contribution in [-0.2, 0) is 16.0 Å². The molecule has 0 unspecified atom stereocenters. The van der Waals surface area contributed by atoms with Crippen LogP contribution in [0.1, 0.15) is 12.5 Å². The van der Waals surface area contributed by atoms with E-state index in [-0.39, 0.29) is 12.4 Å². The third-order valence-electron chi connectivity index (χ3n) is 2.71. The monoisotopic (exact) mass is 288 g/mol. The predicted octanol–water partition coefficient (Wildman–Crippen LogP) is 1.96. The van der Waals surface area contributed by atoms with Crippen molar-refractivity contribution in [1.82, 2.24) is 19.8 Å².